The van der Waals surface area contributed by atoms with Crippen LogP contribution in [0.5, 0.6) is 5.75 Å². The number of aliphatic carboxylic acids is 1. The van der Waals surface area contributed by atoms with Gasteiger partial charge in [-0.25, -0.2) is 9.59 Å². The maximum absolute atomic E-state index is 11.7. The molecular weight excluding hydrogens is 286 g/mol. The number of phenols is 1. The van der Waals surface area contributed by atoms with Crippen LogP contribution in [0.3, 0.4) is 0 Å². The van der Waals surface area contributed by atoms with Gasteiger partial charge in [-0.05, 0) is 51.3 Å². The van der Waals surface area contributed by atoms with Crippen LogP contribution in [0.1, 0.15) is 37.5 Å². The third-order valence-electron chi connectivity index (χ3n) is 3.16. The predicted octanol–water partition coefficient (Wildman–Crippen LogP) is 2.53. The summed E-state index contributed by atoms with van der Waals surface area (Å²) in [6.07, 6.45) is -0.720. The van der Waals surface area contributed by atoms with Gasteiger partial charge in [-0.15, -0.1) is 0 Å². The molecule has 0 radical (unpaired) electrons. The summed E-state index contributed by atoms with van der Waals surface area (Å²) in [4.78, 5) is 23.1. The van der Waals surface area contributed by atoms with Crippen LogP contribution in [0.25, 0.3) is 0 Å². The molecule has 1 amide bonds. The Morgan fingerprint density at radius 1 is 1.27 bits per heavy atom. The first-order valence-electron chi connectivity index (χ1n) is 7.01. The molecule has 0 aromatic heterocycles. The van der Waals surface area contributed by atoms with Crippen LogP contribution < -0.4 is 5.32 Å². The van der Waals surface area contributed by atoms with Gasteiger partial charge in [-0.3, -0.25) is 0 Å². The maximum Gasteiger partial charge on any atom is 0.408 e. The molecule has 0 aliphatic heterocycles. The molecule has 3 N–H and O–H groups in total. The average molecular weight is 309 g/mol. The molecule has 0 saturated carbocycles. The second kappa shape index (κ2) is 6.68. The van der Waals surface area contributed by atoms with Gasteiger partial charge in [0.05, 0.1) is 0 Å². The number of amides is 1. The number of carboxylic acids is 1. The number of nitrogens with one attached hydrogen (secondary N) is 1. The van der Waals surface area contributed by atoms with E-state index in [2.05, 4.69) is 5.32 Å². The Bertz CT molecular complexity index is 575. The van der Waals surface area contributed by atoms with E-state index in [0.717, 1.165) is 0 Å². The van der Waals surface area contributed by atoms with Crippen molar-refractivity contribution in [2.75, 3.05) is 0 Å². The molecule has 0 aliphatic rings. The summed E-state index contributed by atoms with van der Waals surface area (Å²) in [5.74, 6) is -1.02. The van der Waals surface area contributed by atoms with Crippen molar-refractivity contribution in [3.05, 3.63) is 28.8 Å². The fourth-order valence-corrected chi connectivity index (χ4v) is 1.97. The molecule has 0 aliphatic carbocycles. The molecule has 6 nitrogen and oxygen atoms in total. The van der Waals surface area contributed by atoms with Gasteiger partial charge in [0.25, 0.3) is 0 Å². The Hall–Kier alpha value is -2.24. The van der Waals surface area contributed by atoms with E-state index in [1.165, 1.54) is 0 Å². The molecule has 22 heavy (non-hydrogen) atoms. The van der Waals surface area contributed by atoms with Crippen LogP contribution in [0.4, 0.5) is 4.79 Å². The number of benzene rings is 1. The van der Waals surface area contributed by atoms with E-state index < -0.39 is 23.7 Å². The molecule has 122 valence electrons. The zero-order chi connectivity index (χ0) is 17.1. The van der Waals surface area contributed by atoms with Gasteiger partial charge in [0.15, 0.2) is 0 Å². The number of carbonyl (C=O) groups excluding carboxylic acids is 1. The lowest BCUT2D eigenvalue weighted by Crippen LogP contribution is -2.44. The number of alkyl carbamates (subject to hydrolysis) is 1. The number of hydrogen-bond donors (Lipinski definition) is 3. The van der Waals surface area contributed by atoms with E-state index in [1.807, 2.05) is 0 Å². The standard InChI is InChI=1S/C16H23NO5/c1-9-6-7-11(10(2)13(9)18)8-12(14(19)20)17-15(21)22-16(3,4)5/h6-7,12,18H,8H2,1-5H3,(H,17,21)(H,19,20). The van der Waals surface area contributed by atoms with Crippen molar-refractivity contribution in [3.63, 3.8) is 0 Å². The van der Waals surface area contributed by atoms with E-state index >= 15 is 0 Å². The van der Waals surface area contributed by atoms with Crippen LogP contribution in [-0.4, -0.2) is 33.9 Å². The van der Waals surface area contributed by atoms with Crippen LogP contribution >= 0.6 is 0 Å². The fraction of sp³-hybridized carbons (Fsp3) is 0.500. The van der Waals surface area contributed by atoms with Crippen molar-refractivity contribution in [3.8, 4) is 5.75 Å². The largest absolute Gasteiger partial charge is 0.507 e. The van der Waals surface area contributed by atoms with Gasteiger partial charge in [-0.2, -0.15) is 0 Å². The van der Waals surface area contributed by atoms with Crippen LogP contribution in [0.2, 0.25) is 0 Å². The second-order valence-corrected chi connectivity index (χ2v) is 6.26. The minimum absolute atomic E-state index is 0.0637. The van der Waals surface area contributed by atoms with Crippen molar-refractivity contribution >= 4 is 12.1 Å². The topological polar surface area (TPSA) is 95.9 Å². The molecule has 6 heteroatoms. The van der Waals surface area contributed by atoms with Crippen molar-refractivity contribution < 1.29 is 24.5 Å². The fourth-order valence-electron chi connectivity index (χ4n) is 1.97. The van der Waals surface area contributed by atoms with Crippen LogP contribution in [-0.2, 0) is 16.0 Å². The second-order valence-electron chi connectivity index (χ2n) is 6.26. The molecule has 1 atom stereocenters. The Morgan fingerprint density at radius 2 is 1.86 bits per heavy atom. The summed E-state index contributed by atoms with van der Waals surface area (Å²) in [6, 6.07) is 2.33. The lowest BCUT2D eigenvalue weighted by Gasteiger charge is -2.22. The van der Waals surface area contributed by atoms with Crippen molar-refractivity contribution in [2.45, 2.75) is 52.7 Å². The summed E-state index contributed by atoms with van der Waals surface area (Å²) < 4.78 is 5.07. The quantitative estimate of drug-likeness (QED) is 0.794. The van der Waals surface area contributed by atoms with E-state index in [1.54, 1.807) is 46.8 Å². The van der Waals surface area contributed by atoms with Gasteiger partial charge in [0.1, 0.15) is 17.4 Å². The highest BCUT2D eigenvalue weighted by Crippen LogP contribution is 2.25. The van der Waals surface area contributed by atoms with Crippen LogP contribution in [0, 0.1) is 13.8 Å². The number of aryl methyl sites for hydroxylation is 1. The zero-order valence-electron chi connectivity index (χ0n) is 13.6. The molecule has 1 unspecified atom stereocenters. The number of hydrogen-bond acceptors (Lipinski definition) is 4. The van der Waals surface area contributed by atoms with E-state index in [4.69, 9.17) is 4.74 Å². The summed E-state index contributed by atoms with van der Waals surface area (Å²) >= 11 is 0. The number of phenolic OH excluding ortho intramolecular Hbond substituents is 1. The average Bonchev–Trinajstić information content (AvgIpc) is 2.36. The SMILES string of the molecule is Cc1ccc(CC(NC(=O)OC(C)(C)C)C(=O)O)c(C)c1O. The highest BCUT2D eigenvalue weighted by molar-refractivity contribution is 5.80. The van der Waals surface area contributed by atoms with Gasteiger partial charge in [0.2, 0.25) is 0 Å². The molecule has 0 fully saturated rings. The third-order valence-corrected chi connectivity index (χ3v) is 3.16. The Kier molecular flexibility index (Phi) is 5.41. The lowest BCUT2D eigenvalue weighted by molar-refractivity contribution is -0.139. The lowest BCUT2D eigenvalue weighted by atomic mass is 9.98. The summed E-state index contributed by atoms with van der Waals surface area (Å²) in [7, 11) is 0. The van der Waals surface area contributed by atoms with Gasteiger partial charge in [-0.1, -0.05) is 12.1 Å². The zero-order valence-corrected chi connectivity index (χ0v) is 13.6. The van der Waals surface area contributed by atoms with E-state index in [0.29, 0.717) is 16.7 Å². The minimum atomic E-state index is -1.16. The number of rotatable bonds is 4. The first kappa shape index (κ1) is 17.8. The van der Waals surface area contributed by atoms with Crippen molar-refractivity contribution in [1.29, 1.82) is 0 Å². The molecule has 1 rings (SSSR count). The number of carbonyl (C=O) groups is 2. The number of ether oxygens (including phenoxy) is 1. The summed E-state index contributed by atoms with van der Waals surface area (Å²) in [5, 5.41) is 21.5. The molecular formula is C16H23NO5. The normalized spacial score (nSPS) is 12.6. The monoisotopic (exact) mass is 309 g/mol. The minimum Gasteiger partial charge on any atom is -0.507 e. The molecule has 0 saturated heterocycles. The molecule has 1 aromatic rings. The summed E-state index contributed by atoms with van der Waals surface area (Å²) in [6.45, 7) is 8.57. The predicted molar refractivity (Wildman–Crippen MR) is 82.1 cm³/mol. The molecule has 0 heterocycles. The van der Waals surface area contributed by atoms with Crippen molar-refractivity contribution in [2.24, 2.45) is 0 Å². The summed E-state index contributed by atoms with van der Waals surface area (Å²) in [5.41, 5.74) is 1.28. The maximum atomic E-state index is 11.7. The van der Waals surface area contributed by atoms with Gasteiger partial charge < -0.3 is 20.3 Å². The van der Waals surface area contributed by atoms with E-state index in [9.17, 15) is 19.8 Å². The van der Waals surface area contributed by atoms with Crippen molar-refractivity contribution in [1.82, 2.24) is 5.32 Å². The Labute approximate surface area is 130 Å². The first-order valence-corrected chi connectivity index (χ1v) is 7.01. The smallest absolute Gasteiger partial charge is 0.408 e. The highest BCUT2D eigenvalue weighted by atomic mass is 16.6. The molecule has 1 aromatic carbocycles. The first-order chi connectivity index (χ1) is 10.0. The van der Waals surface area contributed by atoms with E-state index in [-0.39, 0.29) is 12.2 Å². The van der Waals surface area contributed by atoms with Gasteiger partial charge >= 0.3 is 12.1 Å². The Balaban J connectivity index is 2.88. The number of aromatic hydroxyl groups is 1. The Morgan fingerprint density at radius 3 is 2.36 bits per heavy atom. The molecule has 0 bridgehead atoms. The number of carboxylic acid groups (broad SMARTS) is 1. The van der Waals surface area contributed by atoms with Gasteiger partial charge in [0, 0.05) is 6.42 Å². The third kappa shape index (κ3) is 4.95. The highest BCUT2D eigenvalue weighted by Gasteiger charge is 2.25. The molecule has 0 spiro atoms. The van der Waals surface area contributed by atoms with Crippen LogP contribution in [0.15, 0.2) is 12.1 Å².